The fourth-order valence-corrected chi connectivity index (χ4v) is 3.96. The first-order valence-electron chi connectivity index (χ1n) is 13.7. The summed E-state index contributed by atoms with van der Waals surface area (Å²) in [7, 11) is 0. The van der Waals surface area contributed by atoms with E-state index in [-0.39, 0.29) is 16.9 Å². The second kappa shape index (κ2) is 16.4. The third-order valence-corrected chi connectivity index (χ3v) is 6.02. The smallest absolute Gasteiger partial charge is 0.128 e. The number of nitrogens with zero attached hydrogens (tertiary/aromatic N) is 1. The van der Waals surface area contributed by atoms with E-state index in [4.69, 9.17) is 10.7 Å². The average Bonchev–Trinajstić information content (AvgIpc) is 2.90. The monoisotopic (exact) mass is 530 g/mol. The molecule has 1 atom stereocenters. The molecule has 0 bridgehead atoms. The lowest BCUT2D eigenvalue weighted by atomic mass is 9.70. The SMILES string of the molecule is CC.CC.CC(C)(C)c1ccc(C(C=O)C(C)(C)c2cccc(-c3cc(F)cc(C#N)c3)c2)cc1.CC(C)=N. The van der Waals surface area contributed by atoms with Crippen molar-refractivity contribution in [1.82, 2.24) is 0 Å². The molecule has 0 aliphatic heterocycles. The van der Waals surface area contributed by atoms with E-state index in [0.717, 1.165) is 23.0 Å². The highest BCUT2D eigenvalue weighted by Crippen LogP contribution is 2.39. The van der Waals surface area contributed by atoms with Crippen LogP contribution in [0.5, 0.6) is 0 Å². The second-order valence-corrected chi connectivity index (χ2v) is 10.6. The molecule has 0 spiro atoms. The Kier molecular flexibility index (Phi) is 14.9. The lowest BCUT2D eigenvalue weighted by Gasteiger charge is -2.32. The summed E-state index contributed by atoms with van der Waals surface area (Å²) in [6, 6.07) is 22.4. The number of rotatable bonds is 5. The molecule has 0 fully saturated rings. The topological polar surface area (TPSA) is 64.7 Å². The molecule has 0 saturated heterocycles. The zero-order valence-electron chi connectivity index (χ0n) is 25.7. The van der Waals surface area contributed by atoms with Gasteiger partial charge >= 0.3 is 0 Å². The van der Waals surface area contributed by atoms with Crippen LogP contribution < -0.4 is 0 Å². The molecule has 1 unspecified atom stereocenters. The van der Waals surface area contributed by atoms with Crippen LogP contribution in [0.15, 0.2) is 66.7 Å². The fraction of sp³-hybridized carbons (Fsp3) is 0.400. The molecule has 39 heavy (non-hydrogen) atoms. The van der Waals surface area contributed by atoms with Crippen LogP contribution in [0.2, 0.25) is 0 Å². The van der Waals surface area contributed by atoms with Gasteiger partial charge in [0.1, 0.15) is 12.1 Å². The lowest BCUT2D eigenvalue weighted by Crippen LogP contribution is -2.28. The van der Waals surface area contributed by atoms with Crippen LogP contribution in [0, 0.1) is 22.6 Å². The van der Waals surface area contributed by atoms with Crippen LogP contribution in [-0.4, -0.2) is 12.0 Å². The maximum atomic E-state index is 14.0. The van der Waals surface area contributed by atoms with E-state index in [0.29, 0.717) is 11.3 Å². The zero-order valence-corrected chi connectivity index (χ0v) is 25.7. The van der Waals surface area contributed by atoms with Crippen molar-refractivity contribution in [3.63, 3.8) is 0 Å². The molecule has 4 heteroatoms. The summed E-state index contributed by atoms with van der Waals surface area (Å²) in [5.74, 6) is -0.776. The van der Waals surface area contributed by atoms with Gasteiger partial charge in [0.25, 0.3) is 0 Å². The van der Waals surface area contributed by atoms with Gasteiger partial charge in [-0.05, 0) is 65.3 Å². The first kappa shape index (κ1) is 35.4. The molecule has 0 amide bonds. The summed E-state index contributed by atoms with van der Waals surface area (Å²) in [6.07, 6.45) is 1.01. The Balaban J connectivity index is 0.00000162. The van der Waals surface area contributed by atoms with Crippen LogP contribution in [0.1, 0.15) is 104 Å². The van der Waals surface area contributed by atoms with Crippen molar-refractivity contribution in [2.24, 2.45) is 0 Å². The van der Waals surface area contributed by atoms with E-state index >= 15 is 0 Å². The van der Waals surface area contributed by atoms with Gasteiger partial charge in [-0.25, -0.2) is 4.39 Å². The van der Waals surface area contributed by atoms with Gasteiger partial charge in [-0.15, -0.1) is 0 Å². The molecule has 3 rings (SSSR count). The van der Waals surface area contributed by atoms with E-state index in [1.54, 1.807) is 19.9 Å². The highest BCUT2D eigenvalue weighted by atomic mass is 19.1. The van der Waals surface area contributed by atoms with Gasteiger partial charge in [0.15, 0.2) is 0 Å². The van der Waals surface area contributed by atoms with E-state index in [9.17, 15) is 9.18 Å². The zero-order chi connectivity index (χ0) is 30.4. The third-order valence-electron chi connectivity index (χ3n) is 6.02. The van der Waals surface area contributed by atoms with Gasteiger partial charge in [0, 0.05) is 17.0 Å². The first-order chi connectivity index (χ1) is 18.3. The Morgan fingerprint density at radius 1 is 0.846 bits per heavy atom. The number of nitrogens with one attached hydrogen (secondary N) is 1. The molecular formula is C35H47FN2O. The van der Waals surface area contributed by atoms with E-state index in [1.165, 1.54) is 17.7 Å². The first-order valence-corrected chi connectivity index (χ1v) is 13.7. The van der Waals surface area contributed by atoms with Crippen LogP contribution >= 0.6 is 0 Å². The minimum absolute atomic E-state index is 0.0479. The van der Waals surface area contributed by atoms with Gasteiger partial charge in [0.05, 0.1) is 11.6 Å². The molecule has 0 aliphatic rings. The molecular weight excluding hydrogens is 483 g/mol. The maximum Gasteiger partial charge on any atom is 0.128 e. The normalized spacial score (nSPS) is 11.2. The summed E-state index contributed by atoms with van der Waals surface area (Å²) in [5.41, 5.74) is 5.14. The predicted octanol–water partition coefficient (Wildman–Crippen LogP) is 10.0. The number of hydrogen-bond acceptors (Lipinski definition) is 3. The Labute approximate surface area is 236 Å². The molecule has 3 aromatic carbocycles. The van der Waals surface area contributed by atoms with Crippen molar-refractivity contribution in [2.75, 3.05) is 0 Å². The predicted molar refractivity (Wildman–Crippen MR) is 165 cm³/mol. The summed E-state index contributed by atoms with van der Waals surface area (Å²) < 4.78 is 14.0. The van der Waals surface area contributed by atoms with Crippen molar-refractivity contribution in [2.45, 2.75) is 92.9 Å². The molecule has 210 valence electrons. The minimum atomic E-state index is -0.480. The van der Waals surface area contributed by atoms with Crippen LogP contribution in [0.3, 0.4) is 0 Å². The summed E-state index contributed by atoms with van der Waals surface area (Å²) in [4.78, 5) is 12.2. The van der Waals surface area contributed by atoms with Crippen molar-refractivity contribution >= 4 is 12.0 Å². The third kappa shape index (κ3) is 10.6. The number of benzene rings is 3. The number of aldehydes is 1. The molecule has 0 heterocycles. The number of nitriles is 1. The highest BCUT2D eigenvalue weighted by Gasteiger charge is 2.33. The quantitative estimate of drug-likeness (QED) is 0.263. The van der Waals surface area contributed by atoms with Crippen LogP contribution in [0.4, 0.5) is 4.39 Å². The van der Waals surface area contributed by atoms with E-state index in [1.807, 2.05) is 70.2 Å². The molecule has 1 N–H and O–H groups in total. The van der Waals surface area contributed by atoms with E-state index in [2.05, 4.69) is 46.8 Å². The van der Waals surface area contributed by atoms with Gasteiger partial charge in [-0.1, -0.05) is 111 Å². The van der Waals surface area contributed by atoms with Crippen molar-refractivity contribution in [3.8, 4) is 17.2 Å². The molecule has 3 aromatic rings. The Hall–Kier alpha value is -3.58. The van der Waals surface area contributed by atoms with Crippen LogP contribution in [0.25, 0.3) is 11.1 Å². The molecule has 0 radical (unpaired) electrons. The Morgan fingerprint density at radius 2 is 1.38 bits per heavy atom. The average molecular weight is 531 g/mol. The molecule has 0 saturated carbocycles. The van der Waals surface area contributed by atoms with Gasteiger partial charge in [0.2, 0.25) is 0 Å². The fourth-order valence-electron chi connectivity index (χ4n) is 3.96. The summed E-state index contributed by atoms with van der Waals surface area (Å²) in [6.45, 7) is 22.1. The van der Waals surface area contributed by atoms with Crippen molar-refractivity contribution < 1.29 is 9.18 Å². The number of carbonyl (C=O) groups excluding carboxylic acids is 1. The maximum absolute atomic E-state index is 14.0. The lowest BCUT2D eigenvalue weighted by molar-refractivity contribution is -0.110. The van der Waals surface area contributed by atoms with Gasteiger partial charge in [-0.2, -0.15) is 5.26 Å². The molecule has 3 nitrogen and oxygen atoms in total. The minimum Gasteiger partial charge on any atom is -0.310 e. The number of hydrogen-bond donors (Lipinski definition) is 1. The highest BCUT2D eigenvalue weighted by molar-refractivity contribution is 5.75. The van der Waals surface area contributed by atoms with Crippen molar-refractivity contribution in [1.29, 1.82) is 10.7 Å². The largest absolute Gasteiger partial charge is 0.310 e. The van der Waals surface area contributed by atoms with Gasteiger partial charge in [-0.3, -0.25) is 0 Å². The van der Waals surface area contributed by atoms with Gasteiger partial charge < -0.3 is 10.2 Å². The molecule has 0 aromatic heterocycles. The summed E-state index contributed by atoms with van der Waals surface area (Å²) in [5, 5.41) is 15.7. The second-order valence-electron chi connectivity index (χ2n) is 10.6. The molecule has 0 aliphatic carbocycles. The standard InChI is InChI=1S/C28H28FNO.C3H7N.2C2H6/c1-27(2,3)23-11-9-20(10-12-23)26(18-31)28(4,5)24-8-6-7-21(15-24)22-13-19(17-30)14-25(29)16-22;1-3(2)4;2*1-2/h6-16,18,26H,1-5H3;4H,1-2H3;2*1-2H3. The number of halogens is 1. The Morgan fingerprint density at radius 3 is 1.85 bits per heavy atom. The number of carbonyl (C=O) groups is 1. The van der Waals surface area contributed by atoms with Crippen LogP contribution in [-0.2, 0) is 15.6 Å². The van der Waals surface area contributed by atoms with E-state index < -0.39 is 11.2 Å². The van der Waals surface area contributed by atoms with Crippen molar-refractivity contribution in [3.05, 3.63) is 94.8 Å². The Bertz CT molecular complexity index is 1220. The summed E-state index contributed by atoms with van der Waals surface area (Å²) >= 11 is 0.